The molecule has 0 fully saturated rings. The van der Waals surface area contributed by atoms with Crippen LogP contribution in [-0.2, 0) is 0 Å². The van der Waals surface area contributed by atoms with Gasteiger partial charge in [0, 0.05) is 5.69 Å². The number of hydrogen-bond donors (Lipinski definition) is 3. The second-order valence-electron chi connectivity index (χ2n) is 5.10. The van der Waals surface area contributed by atoms with Crippen LogP contribution in [0.2, 0.25) is 0 Å². The molecule has 0 aliphatic heterocycles. The molecule has 0 unspecified atom stereocenters. The first-order chi connectivity index (χ1) is 11.1. The Morgan fingerprint density at radius 1 is 0.696 bits per heavy atom. The van der Waals surface area contributed by atoms with Crippen LogP contribution in [0.3, 0.4) is 0 Å². The molecule has 114 valence electrons. The van der Waals surface area contributed by atoms with Crippen molar-refractivity contribution in [1.29, 1.82) is 0 Å². The minimum atomic E-state index is -0.358. The largest absolute Gasteiger partial charge is 0.399 e. The molecule has 3 aromatic rings. The fourth-order valence-electron chi connectivity index (χ4n) is 2.17. The molecule has 0 saturated heterocycles. The van der Waals surface area contributed by atoms with Gasteiger partial charge < -0.3 is 15.7 Å². The van der Waals surface area contributed by atoms with Gasteiger partial charge in [-0.3, -0.25) is 9.59 Å². The fraction of sp³-hybridized carbons (Fsp3) is 0. The summed E-state index contributed by atoms with van der Waals surface area (Å²) in [7, 11) is 0. The number of hydrogen-bond acceptors (Lipinski definition) is 3. The minimum Gasteiger partial charge on any atom is -0.399 e. The fourth-order valence-corrected chi connectivity index (χ4v) is 2.17. The number of benzene rings is 2. The molecule has 0 bridgehead atoms. The highest BCUT2D eigenvalue weighted by molar-refractivity contribution is 5.52. The van der Waals surface area contributed by atoms with E-state index in [9.17, 15) is 9.59 Å². The standard InChI is InChI=1S/C18H15N3O2/c19-14-8-6-13(7-9-14)11-16-18(23)20-15(17(22)21-16)10-12-4-2-1-3-5-12/h1-11H,19H2,(H,20,23)(H,21,22). The molecule has 1 aromatic heterocycles. The first-order valence-corrected chi connectivity index (χ1v) is 7.08. The molecule has 0 atom stereocenters. The zero-order valence-corrected chi connectivity index (χ0v) is 12.2. The summed E-state index contributed by atoms with van der Waals surface area (Å²) < 4.78 is 0. The molecule has 0 aliphatic carbocycles. The van der Waals surface area contributed by atoms with Gasteiger partial charge in [0.25, 0.3) is 11.1 Å². The molecule has 0 saturated carbocycles. The van der Waals surface area contributed by atoms with Crippen molar-refractivity contribution in [2.45, 2.75) is 0 Å². The number of nitrogens with two attached hydrogens (primary N) is 1. The van der Waals surface area contributed by atoms with Crippen molar-refractivity contribution in [2.75, 3.05) is 5.73 Å². The predicted molar refractivity (Wildman–Crippen MR) is 91.4 cm³/mol. The number of anilines is 1. The predicted octanol–water partition coefficient (Wildman–Crippen LogP) is 0.303. The van der Waals surface area contributed by atoms with E-state index in [0.29, 0.717) is 5.69 Å². The normalized spacial score (nSPS) is 12.5. The van der Waals surface area contributed by atoms with Crippen LogP contribution in [0.4, 0.5) is 5.69 Å². The zero-order valence-electron chi connectivity index (χ0n) is 12.2. The van der Waals surface area contributed by atoms with E-state index in [-0.39, 0.29) is 21.8 Å². The lowest BCUT2D eigenvalue weighted by Gasteiger charge is -1.95. The van der Waals surface area contributed by atoms with Gasteiger partial charge in [-0.1, -0.05) is 42.5 Å². The molecular formula is C18H15N3O2. The Kier molecular flexibility index (Phi) is 3.93. The van der Waals surface area contributed by atoms with E-state index in [1.807, 2.05) is 30.3 Å². The van der Waals surface area contributed by atoms with E-state index in [4.69, 9.17) is 5.73 Å². The van der Waals surface area contributed by atoms with Crippen LogP contribution in [0.5, 0.6) is 0 Å². The Balaban J connectivity index is 2.12. The third-order valence-corrected chi connectivity index (χ3v) is 3.34. The van der Waals surface area contributed by atoms with Crippen molar-refractivity contribution >= 4 is 17.8 Å². The summed E-state index contributed by atoms with van der Waals surface area (Å²) in [6.07, 6.45) is 3.24. The van der Waals surface area contributed by atoms with Crippen molar-refractivity contribution in [3.8, 4) is 0 Å². The highest BCUT2D eigenvalue weighted by Crippen LogP contribution is 2.05. The lowest BCUT2D eigenvalue weighted by atomic mass is 10.2. The Morgan fingerprint density at radius 2 is 1.17 bits per heavy atom. The molecule has 2 aromatic carbocycles. The van der Waals surface area contributed by atoms with Gasteiger partial charge in [-0.15, -0.1) is 0 Å². The molecule has 5 nitrogen and oxygen atoms in total. The van der Waals surface area contributed by atoms with Gasteiger partial charge in [0.05, 0.1) is 0 Å². The van der Waals surface area contributed by atoms with Crippen LogP contribution in [0, 0.1) is 0 Å². The maximum atomic E-state index is 12.2. The van der Waals surface area contributed by atoms with Crippen molar-refractivity contribution < 1.29 is 0 Å². The van der Waals surface area contributed by atoms with E-state index in [1.54, 1.807) is 36.4 Å². The minimum absolute atomic E-state index is 0.199. The first-order valence-electron chi connectivity index (χ1n) is 7.08. The van der Waals surface area contributed by atoms with Crippen molar-refractivity contribution in [2.24, 2.45) is 0 Å². The van der Waals surface area contributed by atoms with Crippen LogP contribution in [-0.4, -0.2) is 9.97 Å². The second-order valence-corrected chi connectivity index (χ2v) is 5.10. The average molecular weight is 305 g/mol. The molecule has 0 aliphatic rings. The Morgan fingerprint density at radius 3 is 1.70 bits per heavy atom. The third-order valence-electron chi connectivity index (χ3n) is 3.34. The van der Waals surface area contributed by atoms with Crippen LogP contribution >= 0.6 is 0 Å². The summed E-state index contributed by atoms with van der Waals surface area (Å²) >= 11 is 0. The van der Waals surface area contributed by atoms with Gasteiger partial charge in [0.2, 0.25) is 0 Å². The number of H-pyrrole nitrogens is 2. The Bertz CT molecular complexity index is 1050. The monoisotopic (exact) mass is 305 g/mol. The van der Waals surface area contributed by atoms with Gasteiger partial charge >= 0.3 is 0 Å². The van der Waals surface area contributed by atoms with Crippen molar-refractivity contribution in [1.82, 2.24) is 9.97 Å². The summed E-state index contributed by atoms with van der Waals surface area (Å²) in [5.74, 6) is 0. The molecule has 0 spiro atoms. The lowest BCUT2D eigenvalue weighted by Crippen LogP contribution is -2.46. The van der Waals surface area contributed by atoms with Crippen LogP contribution in [0.25, 0.3) is 12.2 Å². The molecule has 4 N–H and O–H groups in total. The summed E-state index contributed by atoms with van der Waals surface area (Å²) in [4.78, 5) is 29.5. The maximum absolute atomic E-state index is 12.2. The highest BCUT2D eigenvalue weighted by Gasteiger charge is 1.97. The molecule has 3 rings (SSSR count). The van der Waals surface area contributed by atoms with Crippen molar-refractivity contribution in [3.05, 3.63) is 97.1 Å². The second kappa shape index (κ2) is 6.19. The zero-order chi connectivity index (χ0) is 16.2. The highest BCUT2D eigenvalue weighted by atomic mass is 16.1. The Hall–Kier alpha value is -3.34. The first kappa shape index (κ1) is 14.6. The number of aromatic nitrogens is 2. The number of aromatic amines is 2. The van der Waals surface area contributed by atoms with Crippen LogP contribution < -0.4 is 27.6 Å². The average Bonchev–Trinajstić information content (AvgIpc) is 2.55. The van der Waals surface area contributed by atoms with E-state index in [1.165, 1.54) is 0 Å². The number of rotatable bonds is 2. The van der Waals surface area contributed by atoms with Gasteiger partial charge in [-0.25, -0.2) is 0 Å². The molecule has 1 heterocycles. The van der Waals surface area contributed by atoms with Gasteiger partial charge in [0.15, 0.2) is 0 Å². The van der Waals surface area contributed by atoms with Crippen LogP contribution in [0.15, 0.2) is 64.2 Å². The molecule has 5 heteroatoms. The molecular weight excluding hydrogens is 290 g/mol. The van der Waals surface area contributed by atoms with Crippen LogP contribution in [0.1, 0.15) is 11.1 Å². The lowest BCUT2D eigenvalue weighted by molar-refractivity contribution is 1.00. The van der Waals surface area contributed by atoms with E-state index in [0.717, 1.165) is 11.1 Å². The molecule has 0 amide bonds. The van der Waals surface area contributed by atoms with E-state index < -0.39 is 0 Å². The van der Waals surface area contributed by atoms with Gasteiger partial charge in [-0.05, 0) is 35.4 Å². The maximum Gasteiger partial charge on any atom is 0.272 e. The third kappa shape index (κ3) is 3.47. The summed E-state index contributed by atoms with van der Waals surface area (Å²) in [5.41, 5.74) is 7.17. The number of nitrogens with one attached hydrogen (secondary N) is 2. The smallest absolute Gasteiger partial charge is 0.272 e. The quantitative estimate of drug-likeness (QED) is 0.595. The summed E-state index contributed by atoms with van der Waals surface area (Å²) in [5, 5.41) is 0.417. The summed E-state index contributed by atoms with van der Waals surface area (Å²) in [6, 6.07) is 16.3. The van der Waals surface area contributed by atoms with E-state index >= 15 is 0 Å². The number of nitrogen functional groups attached to an aromatic ring is 1. The van der Waals surface area contributed by atoms with E-state index in [2.05, 4.69) is 9.97 Å². The Labute approximate surface area is 131 Å². The van der Waals surface area contributed by atoms with Gasteiger partial charge in [0.1, 0.15) is 10.7 Å². The SMILES string of the molecule is Nc1ccc(C=c2[nH]c(=O)c(=Cc3ccccc3)[nH]c2=O)cc1. The van der Waals surface area contributed by atoms with Gasteiger partial charge in [-0.2, -0.15) is 0 Å². The molecule has 0 radical (unpaired) electrons. The molecule has 23 heavy (non-hydrogen) atoms. The van der Waals surface area contributed by atoms with Crippen molar-refractivity contribution in [3.63, 3.8) is 0 Å². The summed E-state index contributed by atoms with van der Waals surface area (Å²) in [6.45, 7) is 0. The topological polar surface area (TPSA) is 91.7 Å².